The zero-order chi connectivity index (χ0) is 16.0. The van der Waals surface area contributed by atoms with E-state index in [-0.39, 0.29) is 5.60 Å². The molecule has 0 fully saturated rings. The Hall–Kier alpha value is -1.50. The zero-order valence-corrected chi connectivity index (χ0v) is 14.6. The molecule has 0 aliphatic rings. The van der Waals surface area contributed by atoms with E-state index in [0.717, 1.165) is 5.75 Å². The number of ether oxygens (including phenoxy) is 1. The van der Waals surface area contributed by atoms with Crippen LogP contribution in [0, 0.1) is 0 Å². The second-order valence-electron chi connectivity index (χ2n) is 7.15. The Bertz CT molecular complexity index is 592. The molecule has 0 spiro atoms. The molecule has 0 aliphatic heterocycles. The standard InChI is InChI=1S/C21H30O/c1-5-6-7-8-9-12-17-15-16-20(22-21(2,3)4)19-14-11-10-13-18(17)19/h10-11,13-16H,5-9,12H2,1-4H3. The van der Waals surface area contributed by atoms with Crippen LogP contribution in [0.2, 0.25) is 0 Å². The summed E-state index contributed by atoms with van der Waals surface area (Å²) in [6.07, 6.45) is 7.81. The van der Waals surface area contributed by atoms with E-state index in [1.807, 2.05) is 0 Å². The molecule has 1 nitrogen and oxygen atoms in total. The second kappa shape index (κ2) is 7.67. The quantitative estimate of drug-likeness (QED) is 0.528. The summed E-state index contributed by atoms with van der Waals surface area (Å²) in [4.78, 5) is 0. The molecule has 0 bridgehead atoms. The average molecular weight is 298 g/mol. The minimum absolute atomic E-state index is 0.162. The third-order valence-corrected chi connectivity index (χ3v) is 3.94. The van der Waals surface area contributed by atoms with Gasteiger partial charge in [-0.05, 0) is 50.6 Å². The van der Waals surface area contributed by atoms with Crippen LogP contribution in [0.5, 0.6) is 5.75 Å². The van der Waals surface area contributed by atoms with Crippen LogP contribution in [-0.4, -0.2) is 5.60 Å². The van der Waals surface area contributed by atoms with Crippen molar-refractivity contribution < 1.29 is 4.74 Å². The van der Waals surface area contributed by atoms with Crippen LogP contribution in [0.4, 0.5) is 0 Å². The van der Waals surface area contributed by atoms with Gasteiger partial charge < -0.3 is 4.74 Å². The fourth-order valence-corrected chi connectivity index (χ4v) is 2.89. The summed E-state index contributed by atoms with van der Waals surface area (Å²) >= 11 is 0. The maximum absolute atomic E-state index is 6.13. The van der Waals surface area contributed by atoms with Gasteiger partial charge in [0.25, 0.3) is 0 Å². The van der Waals surface area contributed by atoms with Gasteiger partial charge in [0, 0.05) is 5.39 Å². The highest BCUT2D eigenvalue weighted by atomic mass is 16.5. The molecule has 1 heteroatoms. The second-order valence-corrected chi connectivity index (χ2v) is 7.15. The van der Waals surface area contributed by atoms with E-state index in [2.05, 4.69) is 64.1 Å². The van der Waals surface area contributed by atoms with Crippen molar-refractivity contribution in [2.75, 3.05) is 0 Å². The number of unbranched alkanes of at least 4 members (excludes halogenated alkanes) is 4. The van der Waals surface area contributed by atoms with Crippen molar-refractivity contribution in [2.45, 2.75) is 71.8 Å². The highest BCUT2D eigenvalue weighted by Crippen LogP contribution is 2.31. The van der Waals surface area contributed by atoms with E-state index in [1.54, 1.807) is 0 Å². The molecule has 120 valence electrons. The van der Waals surface area contributed by atoms with Gasteiger partial charge in [0.15, 0.2) is 0 Å². The van der Waals surface area contributed by atoms with Crippen LogP contribution in [0.1, 0.15) is 65.4 Å². The van der Waals surface area contributed by atoms with Crippen LogP contribution in [0.3, 0.4) is 0 Å². The molecule has 2 aromatic rings. The first-order valence-electron chi connectivity index (χ1n) is 8.71. The molecule has 0 unspecified atom stereocenters. The van der Waals surface area contributed by atoms with Crippen LogP contribution >= 0.6 is 0 Å². The molecule has 22 heavy (non-hydrogen) atoms. The van der Waals surface area contributed by atoms with Gasteiger partial charge in [0.05, 0.1) is 0 Å². The lowest BCUT2D eigenvalue weighted by molar-refractivity contribution is 0.133. The SMILES string of the molecule is CCCCCCCc1ccc(OC(C)(C)C)c2ccccc12. The maximum Gasteiger partial charge on any atom is 0.127 e. The minimum atomic E-state index is -0.162. The summed E-state index contributed by atoms with van der Waals surface area (Å²) in [6, 6.07) is 13.0. The molecule has 0 heterocycles. The number of aryl methyl sites for hydroxylation is 1. The van der Waals surface area contributed by atoms with Crippen molar-refractivity contribution in [1.29, 1.82) is 0 Å². The van der Waals surface area contributed by atoms with Crippen LogP contribution in [0.25, 0.3) is 10.8 Å². The molecule has 0 saturated carbocycles. The molecule has 0 aromatic heterocycles. The first-order chi connectivity index (χ1) is 10.5. The van der Waals surface area contributed by atoms with Gasteiger partial charge in [-0.1, -0.05) is 62.9 Å². The lowest BCUT2D eigenvalue weighted by Gasteiger charge is -2.23. The smallest absolute Gasteiger partial charge is 0.127 e. The summed E-state index contributed by atoms with van der Waals surface area (Å²) in [5.41, 5.74) is 1.29. The van der Waals surface area contributed by atoms with Crippen LogP contribution in [0.15, 0.2) is 36.4 Å². The van der Waals surface area contributed by atoms with E-state index in [4.69, 9.17) is 4.74 Å². The van der Waals surface area contributed by atoms with Gasteiger partial charge >= 0.3 is 0 Å². The number of fused-ring (bicyclic) bond motifs is 1. The van der Waals surface area contributed by atoms with E-state index < -0.39 is 0 Å². The molecular formula is C21H30O. The molecule has 0 saturated heterocycles. The predicted molar refractivity (Wildman–Crippen MR) is 96.8 cm³/mol. The highest BCUT2D eigenvalue weighted by molar-refractivity contribution is 5.91. The molecule has 0 radical (unpaired) electrons. The maximum atomic E-state index is 6.13. The molecule has 0 aliphatic carbocycles. The number of hydrogen-bond donors (Lipinski definition) is 0. The van der Waals surface area contributed by atoms with Crippen molar-refractivity contribution in [1.82, 2.24) is 0 Å². The fraction of sp³-hybridized carbons (Fsp3) is 0.524. The van der Waals surface area contributed by atoms with Crippen molar-refractivity contribution in [3.63, 3.8) is 0 Å². The van der Waals surface area contributed by atoms with E-state index in [0.29, 0.717) is 0 Å². The summed E-state index contributed by atoms with van der Waals surface area (Å²) in [6.45, 7) is 8.57. The summed E-state index contributed by atoms with van der Waals surface area (Å²) in [5.74, 6) is 0.998. The summed E-state index contributed by atoms with van der Waals surface area (Å²) in [7, 11) is 0. The number of benzene rings is 2. The monoisotopic (exact) mass is 298 g/mol. The van der Waals surface area contributed by atoms with Gasteiger partial charge in [-0.3, -0.25) is 0 Å². The molecule has 0 N–H and O–H groups in total. The van der Waals surface area contributed by atoms with E-state index in [1.165, 1.54) is 54.9 Å². The largest absolute Gasteiger partial charge is 0.488 e. The van der Waals surface area contributed by atoms with E-state index >= 15 is 0 Å². The predicted octanol–water partition coefficient (Wildman–Crippen LogP) is 6.53. The lowest BCUT2D eigenvalue weighted by Crippen LogP contribution is -2.23. The summed E-state index contributed by atoms with van der Waals surface area (Å²) in [5, 5.41) is 2.59. The fourth-order valence-electron chi connectivity index (χ4n) is 2.89. The third-order valence-electron chi connectivity index (χ3n) is 3.94. The number of rotatable bonds is 7. The van der Waals surface area contributed by atoms with Gasteiger partial charge in [-0.25, -0.2) is 0 Å². The van der Waals surface area contributed by atoms with Crippen molar-refractivity contribution >= 4 is 10.8 Å². The van der Waals surface area contributed by atoms with Gasteiger partial charge in [0.1, 0.15) is 11.4 Å². The zero-order valence-electron chi connectivity index (χ0n) is 14.6. The lowest BCUT2D eigenvalue weighted by atomic mass is 9.98. The van der Waals surface area contributed by atoms with Gasteiger partial charge in [-0.15, -0.1) is 0 Å². The minimum Gasteiger partial charge on any atom is -0.488 e. The Labute approximate surface area is 135 Å². The Balaban J connectivity index is 2.17. The van der Waals surface area contributed by atoms with Gasteiger partial charge in [0.2, 0.25) is 0 Å². The first-order valence-corrected chi connectivity index (χ1v) is 8.71. The normalized spacial score (nSPS) is 11.8. The Kier molecular flexibility index (Phi) is 5.88. The van der Waals surface area contributed by atoms with Crippen molar-refractivity contribution in [3.05, 3.63) is 42.0 Å². The molecule has 0 amide bonds. The Morgan fingerprint density at radius 3 is 2.18 bits per heavy atom. The highest BCUT2D eigenvalue weighted by Gasteiger charge is 2.14. The Morgan fingerprint density at radius 2 is 1.50 bits per heavy atom. The van der Waals surface area contributed by atoms with Crippen molar-refractivity contribution in [3.8, 4) is 5.75 Å². The molecular weight excluding hydrogens is 268 g/mol. The first kappa shape index (κ1) is 16.9. The summed E-state index contributed by atoms with van der Waals surface area (Å²) < 4.78 is 6.13. The average Bonchev–Trinajstić information content (AvgIpc) is 2.47. The van der Waals surface area contributed by atoms with Crippen molar-refractivity contribution in [2.24, 2.45) is 0 Å². The van der Waals surface area contributed by atoms with Gasteiger partial charge in [-0.2, -0.15) is 0 Å². The Morgan fingerprint density at radius 1 is 0.818 bits per heavy atom. The molecule has 2 aromatic carbocycles. The molecule has 2 rings (SSSR count). The van der Waals surface area contributed by atoms with Crippen LogP contribution in [-0.2, 0) is 6.42 Å². The van der Waals surface area contributed by atoms with Crippen LogP contribution < -0.4 is 4.74 Å². The number of hydrogen-bond acceptors (Lipinski definition) is 1. The molecule has 0 atom stereocenters. The van der Waals surface area contributed by atoms with E-state index in [9.17, 15) is 0 Å². The topological polar surface area (TPSA) is 9.23 Å². The third kappa shape index (κ3) is 4.76.